The van der Waals surface area contributed by atoms with Gasteiger partial charge in [-0.05, 0) is 31.5 Å². The number of amides is 1. The summed E-state index contributed by atoms with van der Waals surface area (Å²) in [5.41, 5.74) is -3.15. The van der Waals surface area contributed by atoms with Crippen LogP contribution in [-0.2, 0) is 16.8 Å². The second kappa shape index (κ2) is 8.71. The lowest BCUT2D eigenvalue weighted by Crippen LogP contribution is -2.45. The van der Waals surface area contributed by atoms with E-state index in [0.717, 1.165) is 19.2 Å². The molecule has 1 aliphatic heterocycles. The van der Waals surface area contributed by atoms with Crippen molar-refractivity contribution in [3.63, 3.8) is 0 Å². The predicted octanol–water partition coefficient (Wildman–Crippen LogP) is 4.20. The highest BCUT2D eigenvalue weighted by atomic mass is 19.4. The topological polar surface area (TPSA) is 111 Å². The highest BCUT2D eigenvalue weighted by Crippen LogP contribution is 2.50. The van der Waals surface area contributed by atoms with Gasteiger partial charge >= 0.3 is 6.18 Å². The smallest absolute Gasteiger partial charge is 0.370 e. The molecule has 0 bridgehead atoms. The molecule has 5 rings (SSSR count). The van der Waals surface area contributed by atoms with Crippen LogP contribution in [0, 0.1) is 11.6 Å². The van der Waals surface area contributed by atoms with Crippen LogP contribution in [0.1, 0.15) is 31.5 Å². The zero-order valence-electron chi connectivity index (χ0n) is 19.5. The zero-order valence-corrected chi connectivity index (χ0v) is 19.5. The number of aromatic nitrogens is 6. The van der Waals surface area contributed by atoms with E-state index in [1.807, 2.05) is 6.92 Å². The molecular formula is C23H19F5N8O. The predicted molar refractivity (Wildman–Crippen MR) is 123 cm³/mol. The second-order valence-electron chi connectivity index (χ2n) is 8.59. The molecule has 0 aliphatic carbocycles. The maximum absolute atomic E-state index is 14.2. The highest BCUT2D eigenvalue weighted by Gasteiger charge is 2.63. The van der Waals surface area contributed by atoms with Gasteiger partial charge in [0.2, 0.25) is 5.91 Å². The van der Waals surface area contributed by atoms with Gasteiger partial charge in [-0.3, -0.25) is 9.78 Å². The first kappa shape index (κ1) is 24.5. The standard InChI is InChI=1S/C23H19F5N8O/c1-3-6-30-17-15-18(34-21(37)22(15,2)23(26,27)28)33-19(32-17)16-12-8-11(24)9-31-20(12)36(35-16)10-14-13(25)5-4-7-29-14/h4-5,7-9H,3,6,10H2,1-2H3,(H2,30,32,33,34,37)/t22-/m1/s1. The SMILES string of the molecule is CCCNc1nc(-c2nn(Cc3ncccc3F)c3ncc(F)cc23)nc2c1[C@@](C)(C(F)(F)F)C(=O)N2. The number of hydrogen-bond acceptors (Lipinski definition) is 7. The number of carbonyl (C=O) groups excluding carboxylic acids is 1. The van der Waals surface area contributed by atoms with Crippen molar-refractivity contribution in [3.8, 4) is 11.5 Å². The number of carbonyl (C=O) groups is 1. The molecule has 192 valence electrons. The summed E-state index contributed by atoms with van der Waals surface area (Å²) >= 11 is 0. The van der Waals surface area contributed by atoms with Crippen molar-refractivity contribution < 1.29 is 26.7 Å². The number of pyridine rings is 2. The van der Waals surface area contributed by atoms with Crippen molar-refractivity contribution in [1.82, 2.24) is 29.7 Å². The molecule has 0 unspecified atom stereocenters. The number of rotatable bonds is 6. The third kappa shape index (κ3) is 3.92. The third-order valence-electron chi connectivity index (χ3n) is 6.10. The average molecular weight is 518 g/mol. The fraction of sp³-hybridized carbons (Fsp3) is 0.304. The first-order valence-corrected chi connectivity index (χ1v) is 11.2. The van der Waals surface area contributed by atoms with Crippen molar-refractivity contribution in [2.24, 2.45) is 0 Å². The Morgan fingerprint density at radius 3 is 2.68 bits per heavy atom. The van der Waals surface area contributed by atoms with Crippen molar-refractivity contribution >= 4 is 28.6 Å². The highest BCUT2D eigenvalue weighted by molar-refractivity contribution is 6.07. The van der Waals surface area contributed by atoms with E-state index in [9.17, 15) is 26.7 Å². The molecule has 5 heterocycles. The van der Waals surface area contributed by atoms with E-state index < -0.39 is 34.7 Å². The van der Waals surface area contributed by atoms with Crippen LogP contribution >= 0.6 is 0 Å². The monoisotopic (exact) mass is 518 g/mol. The Bertz CT molecular complexity index is 1540. The van der Waals surface area contributed by atoms with Gasteiger partial charge < -0.3 is 10.6 Å². The van der Waals surface area contributed by atoms with E-state index >= 15 is 0 Å². The van der Waals surface area contributed by atoms with Crippen LogP contribution in [-0.4, -0.2) is 48.3 Å². The minimum absolute atomic E-state index is 0.0180. The van der Waals surface area contributed by atoms with E-state index in [0.29, 0.717) is 6.42 Å². The Balaban J connectivity index is 1.71. The van der Waals surface area contributed by atoms with Gasteiger partial charge in [0.1, 0.15) is 29.0 Å². The van der Waals surface area contributed by atoms with Crippen molar-refractivity contribution in [2.75, 3.05) is 17.2 Å². The molecular weight excluding hydrogens is 499 g/mol. The number of fused-ring (bicyclic) bond motifs is 2. The fourth-order valence-electron chi connectivity index (χ4n) is 4.10. The molecule has 0 saturated heterocycles. The molecule has 4 aromatic rings. The summed E-state index contributed by atoms with van der Waals surface area (Å²) in [6, 6.07) is 3.76. The molecule has 1 amide bonds. The van der Waals surface area contributed by atoms with Gasteiger partial charge in [0.25, 0.3) is 0 Å². The van der Waals surface area contributed by atoms with E-state index in [-0.39, 0.29) is 53.0 Å². The van der Waals surface area contributed by atoms with Crippen molar-refractivity contribution in [1.29, 1.82) is 0 Å². The lowest BCUT2D eigenvalue weighted by atomic mass is 9.83. The van der Waals surface area contributed by atoms with E-state index in [4.69, 9.17) is 0 Å². The number of hydrogen-bond donors (Lipinski definition) is 2. The summed E-state index contributed by atoms with van der Waals surface area (Å²) in [4.78, 5) is 29.0. The van der Waals surface area contributed by atoms with Gasteiger partial charge in [0, 0.05) is 12.7 Å². The van der Waals surface area contributed by atoms with Crippen molar-refractivity contribution in [3.05, 3.63) is 53.5 Å². The van der Waals surface area contributed by atoms with E-state index in [2.05, 4.69) is 35.7 Å². The lowest BCUT2D eigenvalue weighted by Gasteiger charge is -2.26. The normalized spacial score (nSPS) is 17.2. The molecule has 0 saturated carbocycles. The van der Waals surface area contributed by atoms with Gasteiger partial charge in [0.05, 0.1) is 29.4 Å². The quantitative estimate of drug-likeness (QED) is 0.368. The number of anilines is 2. The van der Waals surface area contributed by atoms with Gasteiger partial charge in [-0.2, -0.15) is 18.3 Å². The van der Waals surface area contributed by atoms with Crippen LogP contribution < -0.4 is 10.6 Å². The molecule has 1 atom stereocenters. The molecule has 2 N–H and O–H groups in total. The molecule has 0 fully saturated rings. The minimum Gasteiger partial charge on any atom is -0.370 e. The van der Waals surface area contributed by atoms with Crippen LogP contribution in [0.4, 0.5) is 33.6 Å². The Hall–Kier alpha value is -4.23. The molecule has 0 aromatic carbocycles. The number of alkyl halides is 3. The lowest BCUT2D eigenvalue weighted by molar-refractivity contribution is -0.186. The van der Waals surface area contributed by atoms with E-state index in [1.165, 1.54) is 23.0 Å². The molecule has 4 aromatic heterocycles. The second-order valence-corrected chi connectivity index (χ2v) is 8.59. The van der Waals surface area contributed by atoms with Gasteiger partial charge in [-0.25, -0.2) is 28.4 Å². The summed E-state index contributed by atoms with van der Waals surface area (Å²) in [6.45, 7) is 2.66. The van der Waals surface area contributed by atoms with Gasteiger partial charge in [-0.15, -0.1) is 0 Å². The molecule has 14 heteroatoms. The third-order valence-corrected chi connectivity index (χ3v) is 6.10. The maximum Gasteiger partial charge on any atom is 0.407 e. The number of halogens is 5. The molecule has 37 heavy (non-hydrogen) atoms. The summed E-state index contributed by atoms with van der Waals surface area (Å²) < 4.78 is 71.8. The maximum atomic E-state index is 14.2. The average Bonchev–Trinajstić information content (AvgIpc) is 3.33. The number of nitrogens with one attached hydrogen (secondary N) is 2. The summed E-state index contributed by atoms with van der Waals surface area (Å²) in [5, 5.41) is 9.56. The first-order chi connectivity index (χ1) is 17.5. The Labute approximate surface area is 206 Å². The van der Waals surface area contributed by atoms with Crippen molar-refractivity contribution in [2.45, 2.75) is 38.4 Å². The first-order valence-electron chi connectivity index (χ1n) is 11.2. The van der Waals surface area contributed by atoms with Crippen LogP contribution in [0.15, 0.2) is 30.6 Å². The zero-order chi connectivity index (χ0) is 26.5. The van der Waals surface area contributed by atoms with E-state index in [1.54, 1.807) is 0 Å². The summed E-state index contributed by atoms with van der Waals surface area (Å²) in [5.74, 6) is -3.32. The Kier molecular flexibility index (Phi) is 5.76. The van der Waals surface area contributed by atoms with Crippen LogP contribution in [0.5, 0.6) is 0 Å². The van der Waals surface area contributed by atoms with Crippen LogP contribution in [0.25, 0.3) is 22.6 Å². The van der Waals surface area contributed by atoms with Gasteiger partial charge in [-0.1, -0.05) is 6.92 Å². The Morgan fingerprint density at radius 2 is 1.97 bits per heavy atom. The van der Waals surface area contributed by atoms with Gasteiger partial charge in [0.15, 0.2) is 16.9 Å². The largest absolute Gasteiger partial charge is 0.407 e. The molecule has 0 spiro atoms. The Morgan fingerprint density at radius 1 is 1.19 bits per heavy atom. The number of nitrogens with zero attached hydrogens (tertiary/aromatic N) is 6. The molecule has 9 nitrogen and oxygen atoms in total. The summed E-state index contributed by atoms with van der Waals surface area (Å²) in [7, 11) is 0. The summed E-state index contributed by atoms with van der Waals surface area (Å²) in [6.07, 6.45) is -2.02. The fourth-order valence-corrected chi connectivity index (χ4v) is 4.10. The minimum atomic E-state index is -4.93. The molecule has 0 radical (unpaired) electrons. The van der Waals surface area contributed by atoms with Crippen LogP contribution in [0.3, 0.4) is 0 Å². The van der Waals surface area contributed by atoms with Crippen LogP contribution in [0.2, 0.25) is 0 Å². The molecule has 1 aliphatic rings.